The monoisotopic (exact) mass is 370 g/mol. The summed E-state index contributed by atoms with van der Waals surface area (Å²) in [6.45, 7) is 0.478. The van der Waals surface area contributed by atoms with Gasteiger partial charge in [-0.05, 0) is 36.1 Å². The number of para-hydroxylation sites is 1. The number of esters is 1. The van der Waals surface area contributed by atoms with E-state index in [1.54, 1.807) is 0 Å². The Morgan fingerprint density at radius 1 is 1.27 bits per heavy atom. The van der Waals surface area contributed by atoms with Crippen LogP contribution in [-0.2, 0) is 20.9 Å². The number of carbonyl (C=O) groups is 1. The van der Waals surface area contributed by atoms with Gasteiger partial charge in [0.1, 0.15) is 24.6 Å². The van der Waals surface area contributed by atoms with Crippen LogP contribution in [0.25, 0.3) is 11.0 Å². The molecule has 5 heteroatoms. The van der Waals surface area contributed by atoms with Crippen LogP contribution in [0.3, 0.4) is 0 Å². The minimum absolute atomic E-state index is 0.0974. The van der Waals surface area contributed by atoms with Gasteiger partial charge < -0.3 is 13.9 Å². The van der Waals surface area contributed by atoms with Crippen molar-refractivity contribution in [2.24, 2.45) is 11.8 Å². The van der Waals surface area contributed by atoms with Crippen LogP contribution in [0.4, 0.5) is 0 Å². The lowest BCUT2D eigenvalue weighted by Crippen LogP contribution is -2.23. The number of ether oxygens (including phenoxy) is 2. The molecule has 2 aliphatic carbocycles. The smallest absolute Gasteiger partial charge is 0.332 e. The van der Waals surface area contributed by atoms with Gasteiger partial charge in [-0.15, -0.1) is 0 Å². The number of fused-ring (bicyclic) bond motifs is 2. The van der Waals surface area contributed by atoms with Crippen molar-refractivity contribution in [1.29, 1.82) is 0 Å². The lowest BCUT2D eigenvalue weighted by molar-refractivity contribution is -0.150. The van der Waals surface area contributed by atoms with Crippen LogP contribution >= 0.6 is 11.6 Å². The molecule has 0 bridgehead atoms. The van der Waals surface area contributed by atoms with E-state index in [-0.39, 0.29) is 25.1 Å². The normalized spacial score (nSPS) is 21.4. The maximum Gasteiger partial charge on any atom is 0.332 e. The fourth-order valence-corrected chi connectivity index (χ4v) is 3.71. The molecule has 1 aromatic heterocycles. The summed E-state index contributed by atoms with van der Waals surface area (Å²) in [5.41, 5.74) is 1.95. The molecule has 0 unspecified atom stereocenters. The lowest BCUT2D eigenvalue weighted by Gasteiger charge is -2.25. The van der Waals surface area contributed by atoms with Crippen LogP contribution in [0.1, 0.15) is 12.2 Å². The molecule has 0 N–H and O–H groups in total. The van der Waals surface area contributed by atoms with Gasteiger partial charge in [0.2, 0.25) is 0 Å². The van der Waals surface area contributed by atoms with E-state index in [1.165, 1.54) is 0 Å². The molecule has 134 valence electrons. The quantitative estimate of drug-likeness (QED) is 0.688. The fourth-order valence-electron chi connectivity index (χ4n) is 3.44. The Labute approximate surface area is 156 Å². The predicted octanol–water partition coefficient (Wildman–Crippen LogP) is 4.75. The molecular weight excluding hydrogens is 352 g/mol. The number of furan rings is 1. The van der Waals surface area contributed by atoms with E-state index in [9.17, 15) is 4.79 Å². The molecule has 4 rings (SSSR count). The van der Waals surface area contributed by atoms with Gasteiger partial charge in [-0.25, -0.2) is 4.79 Å². The van der Waals surface area contributed by atoms with Crippen molar-refractivity contribution in [3.05, 3.63) is 71.0 Å². The lowest BCUT2D eigenvalue weighted by atomic mass is 9.84. The van der Waals surface area contributed by atoms with E-state index in [1.807, 2.05) is 42.5 Å². The third-order valence-electron chi connectivity index (χ3n) is 4.75. The number of carbonyl (C=O) groups excluding carboxylic acids is 1. The second kappa shape index (κ2) is 7.52. The fraction of sp³-hybridized carbons (Fsp3) is 0.286. The number of rotatable bonds is 6. The van der Waals surface area contributed by atoms with Crippen molar-refractivity contribution in [2.45, 2.75) is 13.0 Å². The van der Waals surface area contributed by atoms with Crippen LogP contribution in [0.15, 0.2) is 69.7 Å². The van der Waals surface area contributed by atoms with Crippen molar-refractivity contribution in [2.75, 3.05) is 13.2 Å². The van der Waals surface area contributed by atoms with Gasteiger partial charge in [0.15, 0.2) is 0 Å². The Kier molecular flexibility index (Phi) is 4.96. The number of benzene rings is 1. The molecule has 0 aliphatic heterocycles. The summed E-state index contributed by atoms with van der Waals surface area (Å²) in [6, 6.07) is 9.66. The Hall–Kier alpha value is -2.30. The van der Waals surface area contributed by atoms with E-state index in [0.717, 1.165) is 28.0 Å². The van der Waals surface area contributed by atoms with Crippen LogP contribution in [0.2, 0.25) is 0 Å². The van der Waals surface area contributed by atoms with Gasteiger partial charge in [-0.3, -0.25) is 0 Å². The van der Waals surface area contributed by atoms with E-state index < -0.39 is 0 Å². The zero-order chi connectivity index (χ0) is 17.9. The first-order valence-corrected chi connectivity index (χ1v) is 9.04. The summed E-state index contributed by atoms with van der Waals surface area (Å²) in [4.78, 5) is 11.9. The van der Waals surface area contributed by atoms with Gasteiger partial charge >= 0.3 is 5.97 Å². The minimum atomic E-state index is -0.373. The van der Waals surface area contributed by atoms with Gasteiger partial charge in [-0.1, -0.05) is 48.0 Å². The van der Waals surface area contributed by atoms with Crippen molar-refractivity contribution in [3.8, 4) is 0 Å². The molecule has 0 saturated carbocycles. The van der Waals surface area contributed by atoms with E-state index >= 15 is 0 Å². The molecular formula is C21H19ClO4. The van der Waals surface area contributed by atoms with Crippen LogP contribution in [-0.4, -0.2) is 19.2 Å². The highest BCUT2D eigenvalue weighted by Crippen LogP contribution is 2.39. The second-order valence-electron chi connectivity index (χ2n) is 6.50. The molecule has 26 heavy (non-hydrogen) atoms. The molecule has 0 spiro atoms. The average molecular weight is 371 g/mol. The average Bonchev–Trinajstić information content (AvgIpc) is 3.28. The highest BCUT2D eigenvalue weighted by molar-refractivity contribution is 6.32. The standard InChI is InChI=1S/C21H19ClO4/c22-19-9-8-15(17-5-3-6-18(17)19)11-25-21(23)13-24-12-16-10-14-4-1-2-7-20(14)26-16/h1-4,6-10,15,17H,5,11-13H2/t15-,17-/m0/s1. The Bertz CT molecular complexity index is 873. The second-order valence-corrected chi connectivity index (χ2v) is 6.90. The van der Waals surface area contributed by atoms with Crippen LogP contribution < -0.4 is 0 Å². The molecule has 2 aliphatic rings. The van der Waals surface area contributed by atoms with E-state index in [4.69, 9.17) is 25.5 Å². The molecule has 0 saturated heterocycles. The predicted molar refractivity (Wildman–Crippen MR) is 99.6 cm³/mol. The molecule has 0 radical (unpaired) electrons. The number of hydrogen-bond donors (Lipinski definition) is 0. The number of hydrogen-bond acceptors (Lipinski definition) is 4. The summed E-state index contributed by atoms with van der Waals surface area (Å²) in [7, 11) is 0. The van der Waals surface area contributed by atoms with Crippen molar-refractivity contribution < 1.29 is 18.7 Å². The van der Waals surface area contributed by atoms with Gasteiger partial charge in [0.25, 0.3) is 0 Å². The topological polar surface area (TPSA) is 48.7 Å². The Balaban J connectivity index is 1.23. The Morgan fingerprint density at radius 3 is 3.04 bits per heavy atom. The zero-order valence-electron chi connectivity index (χ0n) is 14.2. The third-order valence-corrected chi connectivity index (χ3v) is 5.09. The summed E-state index contributed by atoms with van der Waals surface area (Å²) >= 11 is 6.21. The maximum absolute atomic E-state index is 11.9. The minimum Gasteiger partial charge on any atom is -0.463 e. The molecule has 1 aromatic carbocycles. The molecule has 0 fully saturated rings. The van der Waals surface area contributed by atoms with Crippen molar-refractivity contribution in [1.82, 2.24) is 0 Å². The largest absolute Gasteiger partial charge is 0.463 e. The molecule has 2 aromatic rings. The van der Waals surface area contributed by atoms with Gasteiger partial charge in [0, 0.05) is 16.3 Å². The van der Waals surface area contributed by atoms with E-state index in [2.05, 4.69) is 12.2 Å². The number of halogens is 1. The molecule has 1 heterocycles. The molecule has 4 nitrogen and oxygen atoms in total. The summed E-state index contributed by atoms with van der Waals surface area (Å²) in [5.74, 6) is 0.775. The van der Waals surface area contributed by atoms with E-state index in [0.29, 0.717) is 18.3 Å². The first-order valence-electron chi connectivity index (χ1n) is 8.66. The first kappa shape index (κ1) is 17.1. The van der Waals surface area contributed by atoms with Crippen molar-refractivity contribution >= 4 is 28.5 Å². The highest BCUT2D eigenvalue weighted by Gasteiger charge is 2.29. The summed E-state index contributed by atoms with van der Waals surface area (Å²) in [5, 5.41) is 1.80. The number of allylic oxidation sites excluding steroid dienone is 5. The Morgan fingerprint density at radius 2 is 2.15 bits per heavy atom. The summed E-state index contributed by atoms with van der Waals surface area (Å²) in [6.07, 6.45) is 9.01. The van der Waals surface area contributed by atoms with Crippen LogP contribution in [0, 0.1) is 11.8 Å². The SMILES string of the molecule is O=C(COCc1cc2ccccc2o1)OC[C@@H]1C=CC(Cl)=C2C=CC[C@H]21. The zero-order valence-corrected chi connectivity index (χ0v) is 14.9. The van der Waals surface area contributed by atoms with Crippen LogP contribution in [0.5, 0.6) is 0 Å². The first-order chi connectivity index (χ1) is 12.7. The summed E-state index contributed by atoms with van der Waals surface area (Å²) < 4.78 is 16.5. The van der Waals surface area contributed by atoms with Crippen molar-refractivity contribution in [3.63, 3.8) is 0 Å². The molecule has 0 amide bonds. The van der Waals surface area contributed by atoms with Gasteiger partial charge in [-0.2, -0.15) is 0 Å². The third kappa shape index (κ3) is 3.62. The maximum atomic E-state index is 11.9. The molecule has 2 atom stereocenters. The van der Waals surface area contributed by atoms with Gasteiger partial charge in [0.05, 0.1) is 6.61 Å². The highest BCUT2D eigenvalue weighted by atomic mass is 35.5.